The fraction of sp³-hybridized carbons (Fsp3) is 0.733. The smallest absolute Gasteiger partial charge is 0.307 e. The maximum atomic E-state index is 12.9. The number of halogens is 4. The van der Waals surface area contributed by atoms with E-state index in [0.29, 0.717) is 12.8 Å². The Bertz CT molecular complexity index is 500. The zero-order valence-electron chi connectivity index (χ0n) is 11.7. The van der Waals surface area contributed by atoms with Crippen molar-refractivity contribution >= 4 is 27.3 Å². The standard InChI is InChI=1S/C15H19BrF3NS/c16-14-8-11-12(5-2-6-13(11)21-14)20-10-4-1-3-9(7-10)15(17,18)19/h8-10,12,20H,1-7H2. The Kier molecular flexibility index (Phi) is 4.67. The number of alkyl halides is 3. The molecular weight excluding hydrogens is 363 g/mol. The summed E-state index contributed by atoms with van der Waals surface area (Å²) in [6.45, 7) is 0. The summed E-state index contributed by atoms with van der Waals surface area (Å²) in [5.74, 6) is -1.12. The number of hydrogen-bond acceptors (Lipinski definition) is 2. The van der Waals surface area contributed by atoms with E-state index in [0.717, 1.165) is 29.5 Å². The summed E-state index contributed by atoms with van der Waals surface area (Å²) >= 11 is 5.28. The van der Waals surface area contributed by atoms with Crippen LogP contribution < -0.4 is 5.32 Å². The predicted molar refractivity (Wildman–Crippen MR) is 82.6 cm³/mol. The average Bonchev–Trinajstić information content (AvgIpc) is 2.80. The lowest BCUT2D eigenvalue weighted by molar-refractivity contribution is -0.183. The Morgan fingerprint density at radius 2 is 2.00 bits per heavy atom. The molecule has 6 heteroatoms. The van der Waals surface area contributed by atoms with Crippen LogP contribution in [-0.2, 0) is 6.42 Å². The fourth-order valence-electron chi connectivity index (χ4n) is 3.62. The number of hydrogen-bond donors (Lipinski definition) is 1. The van der Waals surface area contributed by atoms with Crippen molar-refractivity contribution in [2.24, 2.45) is 5.92 Å². The van der Waals surface area contributed by atoms with Crippen LogP contribution in [0.5, 0.6) is 0 Å². The molecule has 2 aliphatic carbocycles. The Labute approximate surface area is 135 Å². The van der Waals surface area contributed by atoms with Gasteiger partial charge < -0.3 is 5.32 Å². The van der Waals surface area contributed by atoms with Crippen LogP contribution in [0.25, 0.3) is 0 Å². The molecular formula is C15H19BrF3NS. The highest BCUT2D eigenvalue weighted by atomic mass is 79.9. The number of fused-ring (bicyclic) bond motifs is 1. The van der Waals surface area contributed by atoms with Crippen molar-refractivity contribution in [1.29, 1.82) is 0 Å². The second-order valence-electron chi connectivity index (χ2n) is 6.14. The number of aryl methyl sites for hydroxylation is 1. The molecule has 1 heterocycles. The molecule has 0 amide bonds. The maximum Gasteiger partial charge on any atom is 0.391 e. The maximum absolute atomic E-state index is 12.9. The third kappa shape index (κ3) is 3.64. The van der Waals surface area contributed by atoms with E-state index in [-0.39, 0.29) is 18.5 Å². The van der Waals surface area contributed by atoms with Crippen LogP contribution >= 0.6 is 27.3 Å². The van der Waals surface area contributed by atoms with E-state index in [9.17, 15) is 13.2 Å². The lowest BCUT2D eigenvalue weighted by Gasteiger charge is -2.35. The van der Waals surface area contributed by atoms with E-state index in [1.165, 1.54) is 10.4 Å². The third-order valence-electron chi connectivity index (χ3n) is 4.66. The van der Waals surface area contributed by atoms with Gasteiger partial charge in [-0.15, -0.1) is 11.3 Å². The van der Waals surface area contributed by atoms with Crippen LogP contribution in [0.4, 0.5) is 13.2 Å². The van der Waals surface area contributed by atoms with Gasteiger partial charge in [-0.2, -0.15) is 13.2 Å². The van der Waals surface area contributed by atoms with E-state index in [1.54, 1.807) is 11.3 Å². The normalized spacial score (nSPS) is 30.2. The van der Waals surface area contributed by atoms with Gasteiger partial charge in [-0.3, -0.25) is 0 Å². The SMILES string of the molecule is FC(F)(F)C1CCCC(NC2CCCc3sc(Br)cc32)C1. The molecule has 0 aromatic carbocycles. The summed E-state index contributed by atoms with van der Waals surface area (Å²) in [5, 5.41) is 3.52. The third-order valence-corrected chi connectivity index (χ3v) is 6.37. The molecule has 0 radical (unpaired) electrons. The Morgan fingerprint density at radius 1 is 1.19 bits per heavy atom. The highest BCUT2D eigenvalue weighted by molar-refractivity contribution is 9.11. The largest absolute Gasteiger partial charge is 0.391 e. The van der Waals surface area contributed by atoms with Crippen LogP contribution in [0.2, 0.25) is 0 Å². The molecule has 118 valence electrons. The first-order valence-electron chi connectivity index (χ1n) is 7.54. The fourth-order valence-corrected chi connectivity index (χ4v) is 5.44. The van der Waals surface area contributed by atoms with Gasteiger partial charge in [0.15, 0.2) is 0 Å². The molecule has 1 aromatic heterocycles. The molecule has 0 aliphatic heterocycles. The Hall–Kier alpha value is -0.0700. The minimum Gasteiger partial charge on any atom is -0.307 e. The van der Waals surface area contributed by atoms with Crippen molar-refractivity contribution in [1.82, 2.24) is 5.32 Å². The van der Waals surface area contributed by atoms with Gasteiger partial charge in [0, 0.05) is 17.0 Å². The molecule has 1 saturated carbocycles. The second-order valence-corrected chi connectivity index (χ2v) is 8.66. The first-order chi connectivity index (χ1) is 9.93. The molecule has 21 heavy (non-hydrogen) atoms. The van der Waals surface area contributed by atoms with E-state index in [2.05, 4.69) is 27.3 Å². The predicted octanol–water partition coefficient (Wildman–Crippen LogP) is 5.60. The summed E-state index contributed by atoms with van der Waals surface area (Å²) in [7, 11) is 0. The van der Waals surface area contributed by atoms with E-state index >= 15 is 0 Å². The minimum absolute atomic E-state index is 0.000000472. The van der Waals surface area contributed by atoms with Gasteiger partial charge in [0.05, 0.1) is 9.70 Å². The molecule has 0 saturated heterocycles. The first-order valence-corrected chi connectivity index (χ1v) is 9.15. The molecule has 1 aromatic rings. The van der Waals surface area contributed by atoms with Crippen LogP contribution in [0.15, 0.2) is 9.85 Å². The van der Waals surface area contributed by atoms with Crippen LogP contribution in [0, 0.1) is 5.92 Å². The van der Waals surface area contributed by atoms with Gasteiger partial charge in [-0.25, -0.2) is 0 Å². The summed E-state index contributed by atoms with van der Waals surface area (Å²) in [4.78, 5) is 1.38. The van der Waals surface area contributed by atoms with Crippen molar-refractivity contribution in [2.45, 2.75) is 63.2 Å². The molecule has 0 spiro atoms. The van der Waals surface area contributed by atoms with Crippen LogP contribution in [0.1, 0.15) is 55.0 Å². The zero-order valence-corrected chi connectivity index (χ0v) is 14.1. The van der Waals surface area contributed by atoms with Gasteiger partial charge in [0.1, 0.15) is 0 Å². The van der Waals surface area contributed by atoms with Crippen molar-refractivity contribution < 1.29 is 13.2 Å². The van der Waals surface area contributed by atoms with Gasteiger partial charge in [0.25, 0.3) is 0 Å². The summed E-state index contributed by atoms with van der Waals surface area (Å²) in [5.41, 5.74) is 1.30. The van der Waals surface area contributed by atoms with Crippen molar-refractivity contribution in [3.05, 3.63) is 20.3 Å². The zero-order chi connectivity index (χ0) is 15.0. The molecule has 1 N–H and O–H groups in total. The summed E-state index contributed by atoms with van der Waals surface area (Å²) < 4.78 is 39.8. The van der Waals surface area contributed by atoms with Crippen LogP contribution in [0.3, 0.4) is 0 Å². The Morgan fingerprint density at radius 3 is 2.76 bits per heavy atom. The number of rotatable bonds is 2. The van der Waals surface area contributed by atoms with E-state index in [1.807, 2.05) is 0 Å². The van der Waals surface area contributed by atoms with Gasteiger partial charge in [-0.1, -0.05) is 6.42 Å². The topological polar surface area (TPSA) is 12.0 Å². The molecule has 1 nitrogen and oxygen atoms in total. The molecule has 1 fully saturated rings. The average molecular weight is 382 g/mol. The second kappa shape index (κ2) is 6.20. The van der Waals surface area contributed by atoms with Gasteiger partial charge in [0.2, 0.25) is 0 Å². The van der Waals surface area contributed by atoms with Crippen molar-refractivity contribution in [3.63, 3.8) is 0 Å². The lowest BCUT2D eigenvalue weighted by Crippen LogP contribution is -2.41. The number of thiophene rings is 1. The van der Waals surface area contributed by atoms with Crippen LogP contribution in [-0.4, -0.2) is 12.2 Å². The van der Waals surface area contributed by atoms with Crippen molar-refractivity contribution in [3.8, 4) is 0 Å². The molecule has 3 unspecified atom stereocenters. The minimum atomic E-state index is -4.04. The monoisotopic (exact) mass is 381 g/mol. The first kappa shape index (κ1) is 15.8. The van der Waals surface area contributed by atoms with E-state index < -0.39 is 12.1 Å². The van der Waals surface area contributed by atoms with Crippen molar-refractivity contribution in [2.75, 3.05) is 0 Å². The molecule has 3 rings (SSSR count). The quantitative estimate of drug-likeness (QED) is 0.702. The molecule has 3 atom stereocenters. The highest BCUT2D eigenvalue weighted by Crippen LogP contribution is 2.41. The molecule has 2 aliphatic rings. The highest BCUT2D eigenvalue weighted by Gasteiger charge is 2.42. The number of nitrogens with one attached hydrogen (secondary N) is 1. The lowest BCUT2D eigenvalue weighted by atomic mass is 9.84. The summed E-state index contributed by atoms with van der Waals surface area (Å²) in [6, 6.07) is 2.37. The molecule has 0 bridgehead atoms. The summed E-state index contributed by atoms with van der Waals surface area (Å²) in [6.07, 6.45) is 1.28. The van der Waals surface area contributed by atoms with Gasteiger partial charge in [-0.05, 0) is 66.1 Å². The van der Waals surface area contributed by atoms with Gasteiger partial charge >= 0.3 is 6.18 Å². The van der Waals surface area contributed by atoms with E-state index in [4.69, 9.17) is 0 Å². The Balaban J connectivity index is 1.67.